The Labute approximate surface area is 106 Å². The first kappa shape index (κ1) is 12.6. The molecular formula is C13H14N2O2S. The van der Waals surface area contributed by atoms with Crippen molar-refractivity contribution in [3.05, 3.63) is 53.9 Å². The van der Waals surface area contributed by atoms with Crippen LogP contribution in [0.3, 0.4) is 0 Å². The van der Waals surface area contributed by atoms with E-state index < -0.39 is 9.84 Å². The fourth-order valence-corrected chi connectivity index (χ4v) is 3.18. The van der Waals surface area contributed by atoms with Crippen molar-refractivity contribution in [3.63, 3.8) is 0 Å². The number of rotatable bonds is 3. The van der Waals surface area contributed by atoms with Crippen molar-refractivity contribution in [3.8, 4) is 0 Å². The third-order valence-electron chi connectivity index (χ3n) is 2.68. The maximum absolute atomic E-state index is 12.3. The zero-order valence-corrected chi connectivity index (χ0v) is 10.8. The van der Waals surface area contributed by atoms with Crippen molar-refractivity contribution in [1.29, 1.82) is 0 Å². The summed E-state index contributed by atoms with van der Waals surface area (Å²) in [4.78, 5) is 4.20. The number of sulfone groups is 1. The molecule has 1 heterocycles. The molecule has 0 aliphatic rings. The van der Waals surface area contributed by atoms with E-state index in [0.717, 1.165) is 5.56 Å². The number of benzene rings is 1. The average Bonchev–Trinajstić information content (AvgIpc) is 2.33. The maximum Gasteiger partial charge on any atom is 0.186 e. The van der Waals surface area contributed by atoms with E-state index in [-0.39, 0.29) is 10.6 Å². The third-order valence-corrected chi connectivity index (χ3v) is 4.39. The van der Waals surface area contributed by atoms with Crippen LogP contribution in [0.25, 0.3) is 0 Å². The molecule has 0 aliphatic carbocycles. The van der Waals surface area contributed by atoms with Crippen molar-refractivity contribution in [2.24, 2.45) is 0 Å². The van der Waals surface area contributed by atoms with Crippen molar-refractivity contribution < 1.29 is 8.42 Å². The third kappa shape index (κ3) is 2.51. The number of nitrogens with zero attached hydrogens (tertiary/aromatic N) is 1. The second-order valence-corrected chi connectivity index (χ2v) is 6.02. The Morgan fingerprint density at radius 1 is 1.17 bits per heavy atom. The van der Waals surface area contributed by atoms with Crippen molar-refractivity contribution in [1.82, 2.24) is 4.98 Å². The Morgan fingerprint density at radius 3 is 2.61 bits per heavy atom. The number of hydrogen-bond donors (Lipinski definition) is 1. The van der Waals surface area contributed by atoms with Gasteiger partial charge in [-0.1, -0.05) is 18.2 Å². The van der Waals surface area contributed by atoms with Crippen LogP contribution in [-0.4, -0.2) is 13.4 Å². The molecule has 0 amide bonds. The second-order valence-electron chi connectivity index (χ2n) is 4.07. The van der Waals surface area contributed by atoms with E-state index >= 15 is 0 Å². The monoisotopic (exact) mass is 262 g/mol. The summed E-state index contributed by atoms with van der Waals surface area (Å²) in [5, 5.41) is 0. The first-order valence-electron chi connectivity index (χ1n) is 5.48. The Hall–Kier alpha value is -1.88. The molecule has 0 bridgehead atoms. The number of nitrogens with two attached hydrogens (primary N) is 1. The Balaban J connectivity index is 2.41. The molecule has 0 spiro atoms. The van der Waals surface area contributed by atoms with E-state index in [0.29, 0.717) is 11.4 Å². The van der Waals surface area contributed by atoms with E-state index in [4.69, 9.17) is 5.73 Å². The van der Waals surface area contributed by atoms with Crippen LogP contribution in [0.4, 0.5) is 5.69 Å². The van der Waals surface area contributed by atoms with Gasteiger partial charge in [0.15, 0.2) is 9.84 Å². The molecule has 0 radical (unpaired) electrons. The first-order valence-corrected chi connectivity index (χ1v) is 7.14. The maximum atomic E-state index is 12.3. The molecule has 94 valence electrons. The first-order chi connectivity index (χ1) is 8.50. The van der Waals surface area contributed by atoms with Crippen LogP contribution >= 0.6 is 0 Å². The van der Waals surface area contributed by atoms with E-state index in [9.17, 15) is 8.42 Å². The number of nitrogen functional groups attached to an aromatic ring is 1. The summed E-state index contributed by atoms with van der Waals surface area (Å²) >= 11 is 0. The van der Waals surface area contributed by atoms with Gasteiger partial charge in [0.2, 0.25) is 0 Å². The summed E-state index contributed by atoms with van der Waals surface area (Å²) in [7, 11) is -3.45. The number of aryl methyl sites for hydroxylation is 1. The normalized spacial score (nSPS) is 11.4. The van der Waals surface area contributed by atoms with Crippen molar-refractivity contribution >= 4 is 15.5 Å². The molecule has 2 N–H and O–H groups in total. The molecule has 0 saturated carbocycles. The molecule has 1 aromatic carbocycles. The van der Waals surface area contributed by atoms with Crippen LogP contribution in [0.5, 0.6) is 0 Å². The predicted molar refractivity (Wildman–Crippen MR) is 70.7 cm³/mol. The van der Waals surface area contributed by atoms with Gasteiger partial charge < -0.3 is 5.73 Å². The highest BCUT2D eigenvalue weighted by atomic mass is 32.2. The van der Waals surface area contributed by atoms with Crippen LogP contribution < -0.4 is 5.73 Å². The minimum atomic E-state index is -3.45. The van der Waals surface area contributed by atoms with Gasteiger partial charge in [-0.15, -0.1) is 0 Å². The van der Waals surface area contributed by atoms with Crippen molar-refractivity contribution in [2.75, 3.05) is 5.73 Å². The second kappa shape index (κ2) is 4.78. The number of para-hydroxylation sites is 1. The lowest BCUT2D eigenvalue weighted by Crippen LogP contribution is -2.09. The van der Waals surface area contributed by atoms with Gasteiger partial charge in [0.25, 0.3) is 0 Å². The summed E-state index contributed by atoms with van der Waals surface area (Å²) in [6.45, 7) is 1.79. The van der Waals surface area contributed by atoms with Crippen LogP contribution in [0.1, 0.15) is 11.3 Å². The molecule has 2 aromatic rings. The number of hydrogen-bond acceptors (Lipinski definition) is 4. The largest absolute Gasteiger partial charge is 0.397 e. The SMILES string of the molecule is Cc1cccc(S(=O)(=O)Cc2ccccn2)c1N. The van der Waals surface area contributed by atoms with Crippen LogP contribution in [-0.2, 0) is 15.6 Å². The molecule has 2 rings (SSSR count). The topological polar surface area (TPSA) is 73.0 Å². The van der Waals surface area contributed by atoms with Gasteiger partial charge in [-0.05, 0) is 30.7 Å². The molecule has 0 fully saturated rings. The fourth-order valence-electron chi connectivity index (χ4n) is 1.68. The summed E-state index contributed by atoms with van der Waals surface area (Å²) in [5.41, 5.74) is 7.41. The van der Waals surface area contributed by atoms with Gasteiger partial charge in [-0.3, -0.25) is 4.98 Å². The smallest absolute Gasteiger partial charge is 0.186 e. The van der Waals surface area contributed by atoms with E-state index in [1.807, 2.05) is 0 Å². The van der Waals surface area contributed by atoms with Crippen molar-refractivity contribution in [2.45, 2.75) is 17.6 Å². The zero-order chi connectivity index (χ0) is 13.2. The van der Waals surface area contributed by atoms with E-state index in [2.05, 4.69) is 4.98 Å². The van der Waals surface area contributed by atoms with Gasteiger partial charge in [-0.25, -0.2) is 8.42 Å². The van der Waals surface area contributed by atoms with Gasteiger partial charge >= 0.3 is 0 Å². The molecular weight excluding hydrogens is 248 g/mol. The molecule has 0 aliphatic heterocycles. The van der Waals surface area contributed by atoms with Gasteiger partial charge in [0, 0.05) is 6.20 Å². The summed E-state index contributed by atoms with van der Waals surface area (Å²) < 4.78 is 24.5. The summed E-state index contributed by atoms with van der Waals surface area (Å²) in [6, 6.07) is 10.2. The van der Waals surface area contributed by atoms with Crippen LogP contribution in [0.2, 0.25) is 0 Å². The molecule has 4 nitrogen and oxygen atoms in total. The molecule has 5 heteroatoms. The Morgan fingerprint density at radius 2 is 1.94 bits per heavy atom. The highest BCUT2D eigenvalue weighted by Crippen LogP contribution is 2.24. The van der Waals surface area contributed by atoms with Crippen LogP contribution in [0, 0.1) is 6.92 Å². The lowest BCUT2D eigenvalue weighted by atomic mass is 10.2. The lowest BCUT2D eigenvalue weighted by Gasteiger charge is -2.09. The minimum absolute atomic E-state index is 0.137. The molecule has 0 atom stereocenters. The number of anilines is 1. The Bertz CT molecular complexity index is 652. The summed E-state index contributed by atoms with van der Waals surface area (Å²) in [6.07, 6.45) is 1.57. The van der Waals surface area contributed by atoms with Gasteiger partial charge in [0.1, 0.15) is 0 Å². The fraction of sp³-hybridized carbons (Fsp3) is 0.154. The molecule has 1 aromatic heterocycles. The minimum Gasteiger partial charge on any atom is -0.397 e. The summed E-state index contributed by atoms with van der Waals surface area (Å²) in [5.74, 6) is -0.137. The zero-order valence-electron chi connectivity index (χ0n) is 10.00. The Kier molecular flexibility index (Phi) is 3.34. The highest BCUT2D eigenvalue weighted by molar-refractivity contribution is 7.90. The average molecular weight is 262 g/mol. The standard InChI is InChI=1S/C13H14N2O2S/c1-10-5-4-7-12(13(10)14)18(16,17)9-11-6-2-3-8-15-11/h2-8H,9,14H2,1H3. The predicted octanol–water partition coefficient (Wildman–Crippen LogP) is 1.95. The quantitative estimate of drug-likeness (QED) is 0.858. The number of aromatic nitrogens is 1. The number of pyridine rings is 1. The van der Waals surface area contributed by atoms with Gasteiger partial charge in [-0.2, -0.15) is 0 Å². The van der Waals surface area contributed by atoms with Crippen LogP contribution in [0.15, 0.2) is 47.5 Å². The van der Waals surface area contributed by atoms with E-state index in [1.54, 1.807) is 43.5 Å². The molecule has 0 saturated heterocycles. The highest BCUT2D eigenvalue weighted by Gasteiger charge is 2.19. The molecule has 0 unspecified atom stereocenters. The molecule has 18 heavy (non-hydrogen) atoms. The van der Waals surface area contributed by atoms with Gasteiger partial charge in [0.05, 0.1) is 22.0 Å². The van der Waals surface area contributed by atoms with E-state index in [1.165, 1.54) is 6.07 Å². The lowest BCUT2D eigenvalue weighted by molar-refractivity contribution is 0.595.